The lowest BCUT2D eigenvalue weighted by Gasteiger charge is -2.27. The lowest BCUT2D eigenvalue weighted by atomic mass is 9.92. The monoisotopic (exact) mass is 644 g/mol. The summed E-state index contributed by atoms with van der Waals surface area (Å²) < 4.78 is 22.2. The highest BCUT2D eigenvalue weighted by Crippen LogP contribution is 2.29. The summed E-state index contributed by atoms with van der Waals surface area (Å²) in [4.78, 5) is 22.0. The highest BCUT2D eigenvalue weighted by atomic mass is 16.5. The van der Waals surface area contributed by atoms with Gasteiger partial charge in [-0.1, -0.05) is 26.0 Å². The van der Waals surface area contributed by atoms with Crippen molar-refractivity contribution < 1.29 is 28.5 Å². The van der Waals surface area contributed by atoms with Gasteiger partial charge in [0.2, 0.25) is 0 Å². The lowest BCUT2D eigenvalue weighted by molar-refractivity contribution is -0.138. The minimum absolute atomic E-state index is 0.336. The molecule has 0 N–H and O–H groups in total. The second-order valence-corrected chi connectivity index (χ2v) is 13.1. The van der Waals surface area contributed by atoms with Gasteiger partial charge in [0.15, 0.2) is 0 Å². The molecule has 0 aromatic carbocycles. The predicted octanol–water partition coefficient (Wildman–Crippen LogP) is 8.44. The minimum atomic E-state index is -0.344. The maximum atomic E-state index is 11.0. The molecule has 0 heterocycles. The molecule has 0 saturated heterocycles. The third-order valence-electron chi connectivity index (χ3n) is 9.35. The second-order valence-electron chi connectivity index (χ2n) is 13.1. The highest BCUT2D eigenvalue weighted by Gasteiger charge is 2.25. The number of carbonyl (C=O) groups is 2. The minimum Gasteiger partial charge on any atom is -0.463 e. The molecule has 0 aromatic heterocycles. The molecule has 10 nitrogen and oxygen atoms in total. The number of rotatable bonds is 22. The molecule has 10 heteroatoms. The molecule has 46 heavy (non-hydrogen) atoms. The highest BCUT2D eigenvalue weighted by molar-refractivity contribution is 5.81. The standard InChI is InChI=1S/C36H60N4O6/c1-3-35(41)45-27-11-7-5-9-25-43-33-21-17-31(18-22-33)39-37-29-13-15-30(16-14-29)38-40-32-19-23-34(24-20-32)44-26-10-6-8-12-28-46-36(42)4-2/h3-4,29-34H,1-2,5-28H2. The summed E-state index contributed by atoms with van der Waals surface area (Å²) in [5.41, 5.74) is 0. The number of carbonyl (C=O) groups excluding carboxylic acids is 2. The van der Waals surface area contributed by atoms with E-state index in [4.69, 9.17) is 39.4 Å². The third-order valence-corrected chi connectivity index (χ3v) is 9.35. The molecule has 0 radical (unpaired) electrons. The molecule has 0 aliphatic heterocycles. The zero-order valence-corrected chi connectivity index (χ0v) is 28.2. The predicted molar refractivity (Wildman–Crippen MR) is 179 cm³/mol. The number of ether oxygens (including phenoxy) is 4. The van der Waals surface area contributed by atoms with Crippen LogP contribution in [0.4, 0.5) is 0 Å². The maximum absolute atomic E-state index is 11.0. The zero-order valence-electron chi connectivity index (χ0n) is 28.2. The number of hydrogen-bond acceptors (Lipinski definition) is 10. The van der Waals surface area contributed by atoms with Gasteiger partial charge in [0.25, 0.3) is 0 Å². The van der Waals surface area contributed by atoms with Crippen LogP contribution in [0.25, 0.3) is 0 Å². The molecule has 3 rings (SSSR count). The van der Waals surface area contributed by atoms with Gasteiger partial charge in [-0.2, -0.15) is 20.5 Å². The van der Waals surface area contributed by atoms with Crippen molar-refractivity contribution in [1.82, 2.24) is 0 Å². The van der Waals surface area contributed by atoms with E-state index in [-0.39, 0.29) is 11.9 Å². The number of nitrogens with zero attached hydrogens (tertiary/aromatic N) is 4. The molecule has 3 aliphatic carbocycles. The van der Waals surface area contributed by atoms with Crippen molar-refractivity contribution in [3.63, 3.8) is 0 Å². The van der Waals surface area contributed by atoms with E-state index in [9.17, 15) is 9.59 Å². The maximum Gasteiger partial charge on any atom is 0.330 e. The van der Waals surface area contributed by atoms with Crippen LogP contribution < -0.4 is 0 Å². The Morgan fingerprint density at radius 2 is 0.739 bits per heavy atom. The Morgan fingerprint density at radius 1 is 0.457 bits per heavy atom. The fourth-order valence-corrected chi connectivity index (χ4v) is 6.40. The van der Waals surface area contributed by atoms with Gasteiger partial charge in [0.1, 0.15) is 0 Å². The first kappa shape index (κ1) is 38.0. The van der Waals surface area contributed by atoms with E-state index in [1.54, 1.807) is 0 Å². The molecule has 3 saturated carbocycles. The van der Waals surface area contributed by atoms with Crippen molar-refractivity contribution in [2.75, 3.05) is 26.4 Å². The van der Waals surface area contributed by atoms with Crippen LogP contribution in [0, 0.1) is 0 Å². The Kier molecular flexibility index (Phi) is 19.7. The largest absolute Gasteiger partial charge is 0.463 e. The summed E-state index contributed by atoms with van der Waals surface area (Å²) in [6, 6.07) is 1.36. The molecule has 0 bridgehead atoms. The normalized spacial score (nSPS) is 27.0. The summed E-state index contributed by atoms with van der Waals surface area (Å²) in [6.45, 7) is 9.36. The van der Waals surface area contributed by atoms with Gasteiger partial charge in [-0.05, 0) is 116 Å². The Hall–Kier alpha value is -2.46. The molecule has 0 spiro atoms. The average Bonchev–Trinajstić information content (AvgIpc) is 3.09. The topological polar surface area (TPSA) is 120 Å². The molecule has 3 aliphatic rings. The van der Waals surface area contributed by atoms with E-state index >= 15 is 0 Å². The van der Waals surface area contributed by atoms with Crippen LogP contribution in [-0.4, -0.2) is 74.7 Å². The summed E-state index contributed by atoms with van der Waals surface area (Å²) in [5.74, 6) is -0.687. The number of azo groups is 2. The summed E-state index contributed by atoms with van der Waals surface area (Å²) in [5, 5.41) is 19.0. The average molecular weight is 645 g/mol. The first-order valence-corrected chi connectivity index (χ1v) is 18.2. The second kappa shape index (κ2) is 23.8. The molecular formula is C36H60N4O6. The summed E-state index contributed by atoms with van der Waals surface area (Å²) >= 11 is 0. The summed E-state index contributed by atoms with van der Waals surface area (Å²) in [6.07, 6.45) is 24.1. The van der Waals surface area contributed by atoms with Crippen molar-refractivity contribution >= 4 is 11.9 Å². The number of unbranched alkanes of at least 4 members (excludes halogenated alkanes) is 6. The summed E-state index contributed by atoms with van der Waals surface area (Å²) in [7, 11) is 0. The number of esters is 2. The Bertz CT molecular complexity index is 845. The lowest BCUT2D eigenvalue weighted by Crippen LogP contribution is -2.25. The van der Waals surface area contributed by atoms with Crippen molar-refractivity contribution in [2.45, 2.75) is 165 Å². The zero-order chi connectivity index (χ0) is 32.7. The van der Waals surface area contributed by atoms with Crippen molar-refractivity contribution in [1.29, 1.82) is 0 Å². The van der Waals surface area contributed by atoms with E-state index in [0.29, 0.717) is 49.6 Å². The van der Waals surface area contributed by atoms with E-state index < -0.39 is 0 Å². The SMILES string of the molecule is C=CC(=O)OCCCCCCOC1CCC(N=NC2CCC(N=NC3CCC(OCCCCCCOC(=O)C=C)CC3)CC2)CC1. The van der Waals surface area contributed by atoms with Crippen LogP contribution in [0.15, 0.2) is 45.8 Å². The smallest absolute Gasteiger partial charge is 0.330 e. The van der Waals surface area contributed by atoms with Crippen LogP contribution in [0.5, 0.6) is 0 Å². The molecule has 0 unspecified atom stereocenters. The Morgan fingerprint density at radius 3 is 1.04 bits per heavy atom. The van der Waals surface area contributed by atoms with E-state index in [1.807, 2.05) is 0 Å². The van der Waals surface area contributed by atoms with Gasteiger partial charge < -0.3 is 18.9 Å². The van der Waals surface area contributed by atoms with Gasteiger partial charge in [0, 0.05) is 25.4 Å². The first-order chi connectivity index (χ1) is 22.6. The van der Waals surface area contributed by atoms with Gasteiger partial charge in [-0.3, -0.25) is 0 Å². The molecule has 0 aromatic rings. The van der Waals surface area contributed by atoms with Crippen LogP contribution in [0.1, 0.15) is 128 Å². The quantitative estimate of drug-likeness (QED) is 0.0505. The first-order valence-electron chi connectivity index (χ1n) is 18.2. The molecule has 0 atom stereocenters. The van der Waals surface area contributed by atoms with Gasteiger partial charge in [-0.25, -0.2) is 9.59 Å². The van der Waals surface area contributed by atoms with Crippen LogP contribution >= 0.6 is 0 Å². The van der Waals surface area contributed by atoms with Crippen molar-refractivity contribution in [3.05, 3.63) is 25.3 Å². The molecular weight excluding hydrogens is 584 g/mol. The third kappa shape index (κ3) is 16.9. The Balaban J connectivity index is 1.14. The van der Waals surface area contributed by atoms with Crippen molar-refractivity contribution in [2.24, 2.45) is 20.5 Å². The van der Waals surface area contributed by atoms with E-state index in [0.717, 1.165) is 142 Å². The molecule has 260 valence electrons. The van der Waals surface area contributed by atoms with Crippen LogP contribution in [0.3, 0.4) is 0 Å². The van der Waals surface area contributed by atoms with E-state index in [1.165, 1.54) is 12.2 Å². The van der Waals surface area contributed by atoms with Gasteiger partial charge in [-0.15, -0.1) is 0 Å². The molecule has 3 fully saturated rings. The van der Waals surface area contributed by atoms with E-state index in [2.05, 4.69) is 13.2 Å². The number of hydrogen-bond donors (Lipinski definition) is 0. The van der Waals surface area contributed by atoms with Gasteiger partial charge >= 0.3 is 11.9 Å². The van der Waals surface area contributed by atoms with Crippen LogP contribution in [-0.2, 0) is 28.5 Å². The van der Waals surface area contributed by atoms with Crippen LogP contribution in [0.2, 0.25) is 0 Å². The Labute approximate surface area is 277 Å². The fourth-order valence-electron chi connectivity index (χ4n) is 6.40. The fraction of sp³-hybridized carbons (Fsp3) is 0.833. The van der Waals surface area contributed by atoms with Crippen molar-refractivity contribution in [3.8, 4) is 0 Å². The molecule has 0 amide bonds. The van der Waals surface area contributed by atoms with Gasteiger partial charge in [0.05, 0.1) is 49.6 Å².